The molecule has 2 N–H and O–H groups in total. The predicted octanol–water partition coefficient (Wildman–Crippen LogP) is 1.42. The van der Waals surface area contributed by atoms with E-state index in [1.54, 1.807) is 4.90 Å². The maximum absolute atomic E-state index is 12.3. The number of nitrogens with two attached hydrogens (primary N) is 1. The van der Waals surface area contributed by atoms with Crippen molar-refractivity contribution in [3.8, 4) is 0 Å². The molecule has 0 aromatic heterocycles. The van der Waals surface area contributed by atoms with Gasteiger partial charge >= 0.3 is 0 Å². The van der Waals surface area contributed by atoms with E-state index >= 15 is 0 Å². The second-order valence-corrected chi connectivity index (χ2v) is 9.37. The molecule has 0 aliphatic carbocycles. The molecule has 1 fully saturated rings. The van der Waals surface area contributed by atoms with Gasteiger partial charge in [0.2, 0.25) is 5.91 Å². The summed E-state index contributed by atoms with van der Waals surface area (Å²) < 4.78 is 23.1. The summed E-state index contributed by atoms with van der Waals surface area (Å²) in [6.45, 7) is 8.08. The second-order valence-electron chi connectivity index (χ2n) is 7.07. The predicted molar refractivity (Wildman–Crippen MR) is 85.7 cm³/mol. The lowest BCUT2D eigenvalue weighted by Gasteiger charge is -2.31. The van der Waals surface area contributed by atoms with Gasteiger partial charge in [-0.05, 0) is 37.1 Å². The Morgan fingerprint density at radius 3 is 2.43 bits per heavy atom. The Hall–Kier alpha value is -0.620. The number of amides is 1. The van der Waals surface area contributed by atoms with Crippen molar-refractivity contribution in [2.24, 2.45) is 17.1 Å². The zero-order valence-electron chi connectivity index (χ0n) is 13.6. The van der Waals surface area contributed by atoms with Crippen LogP contribution in [-0.4, -0.2) is 50.4 Å². The first-order valence-electron chi connectivity index (χ1n) is 7.84. The van der Waals surface area contributed by atoms with Gasteiger partial charge in [0.25, 0.3) is 0 Å². The summed E-state index contributed by atoms with van der Waals surface area (Å²) in [6.07, 6.45) is 2.79. The minimum Gasteiger partial charge on any atom is -0.342 e. The number of hydrogen-bond acceptors (Lipinski definition) is 4. The molecule has 0 saturated carbocycles. The molecule has 1 unspecified atom stereocenters. The van der Waals surface area contributed by atoms with Crippen LogP contribution in [0.2, 0.25) is 0 Å². The van der Waals surface area contributed by atoms with E-state index in [1.165, 1.54) is 0 Å². The molecule has 5 nitrogen and oxygen atoms in total. The van der Waals surface area contributed by atoms with Crippen LogP contribution in [0.1, 0.15) is 46.5 Å². The van der Waals surface area contributed by atoms with Gasteiger partial charge in [-0.15, -0.1) is 0 Å². The van der Waals surface area contributed by atoms with Crippen LogP contribution in [0.4, 0.5) is 0 Å². The highest BCUT2D eigenvalue weighted by Gasteiger charge is 2.27. The van der Waals surface area contributed by atoms with E-state index in [0.717, 1.165) is 12.8 Å². The highest BCUT2D eigenvalue weighted by Crippen LogP contribution is 2.32. The fourth-order valence-electron chi connectivity index (χ4n) is 2.86. The van der Waals surface area contributed by atoms with Crippen molar-refractivity contribution < 1.29 is 13.2 Å². The van der Waals surface area contributed by atoms with Crippen molar-refractivity contribution in [2.75, 3.05) is 31.1 Å². The second kappa shape index (κ2) is 7.58. The summed E-state index contributed by atoms with van der Waals surface area (Å²) in [7, 11) is -2.96. The van der Waals surface area contributed by atoms with Crippen molar-refractivity contribution in [2.45, 2.75) is 46.5 Å². The minimum absolute atomic E-state index is 0.0818. The van der Waals surface area contributed by atoms with E-state index in [9.17, 15) is 13.2 Å². The van der Waals surface area contributed by atoms with Crippen LogP contribution in [0.15, 0.2) is 0 Å². The maximum atomic E-state index is 12.3. The Bertz CT molecular complexity index is 440. The number of sulfone groups is 1. The van der Waals surface area contributed by atoms with Crippen LogP contribution in [0.3, 0.4) is 0 Å². The lowest BCUT2D eigenvalue weighted by Crippen LogP contribution is -2.34. The highest BCUT2D eigenvalue weighted by molar-refractivity contribution is 7.91. The molecule has 0 radical (unpaired) electrons. The fraction of sp³-hybridized carbons (Fsp3) is 0.933. The van der Waals surface area contributed by atoms with Gasteiger partial charge in [0.15, 0.2) is 9.84 Å². The molecule has 1 aliphatic rings. The number of carbonyl (C=O) groups excluding carboxylic acids is 1. The SMILES string of the molecule is CC(C)(C)C(CCN)CCC(=O)N1CCCS(=O)(=O)CC1. The smallest absolute Gasteiger partial charge is 0.222 e. The first kappa shape index (κ1) is 18.4. The molecule has 124 valence electrons. The van der Waals surface area contributed by atoms with Crippen LogP contribution in [0.25, 0.3) is 0 Å². The molecule has 1 saturated heterocycles. The van der Waals surface area contributed by atoms with E-state index in [-0.39, 0.29) is 22.8 Å². The summed E-state index contributed by atoms with van der Waals surface area (Å²) >= 11 is 0. The molecule has 1 amide bonds. The Morgan fingerprint density at radius 2 is 1.86 bits per heavy atom. The first-order valence-corrected chi connectivity index (χ1v) is 9.66. The molecule has 0 bridgehead atoms. The number of rotatable bonds is 5. The first-order chi connectivity index (χ1) is 9.65. The van der Waals surface area contributed by atoms with Crippen LogP contribution < -0.4 is 5.73 Å². The highest BCUT2D eigenvalue weighted by atomic mass is 32.2. The lowest BCUT2D eigenvalue weighted by atomic mass is 9.76. The Kier molecular flexibility index (Phi) is 6.66. The van der Waals surface area contributed by atoms with Gasteiger partial charge in [-0.2, -0.15) is 0 Å². The van der Waals surface area contributed by atoms with Crippen molar-refractivity contribution in [1.82, 2.24) is 4.90 Å². The van der Waals surface area contributed by atoms with Gasteiger partial charge in [-0.25, -0.2) is 8.42 Å². The summed E-state index contributed by atoms with van der Waals surface area (Å²) in [5.74, 6) is 0.805. The van der Waals surface area contributed by atoms with Gasteiger partial charge in [-0.1, -0.05) is 20.8 Å². The zero-order chi connectivity index (χ0) is 16.1. The van der Waals surface area contributed by atoms with Gasteiger partial charge < -0.3 is 10.6 Å². The van der Waals surface area contributed by atoms with Gasteiger partial charge in [0.1, 0.15) is 0 Å². The van der Waals surface area contributed by atoms with E-state index in [2.05, 4.69) is 20.8 Å². The molecule has 1 atom stereocenters. The Labute approximate surface area is 129 Å². The van der Waals surface area contributed by atoms with Crippen molar-refractivity contribution in [1.29, 1.82) is 0 Å². The van der Waals surface area contributed by atoms with Crippen molar-refractivity contribution >= 4 is 15.7 Å². The van der Waals surface area contributed by atoms with Crippen LogP contribution >= 0.6 is 0 Å². The third kappa shape index (κ3) is 6.34. The zero-order valence-corrected chi connectivity index (χ0v) is 14.4. The quantitative estimate of drug-likeness (QED) is 0.831. The van der Waals surface area contributed by atoms with Crippen molar-refractivity contribution in [3.63, 3.8) is 0 Å². The molecular formula is C15H30N2O3S. The monoisotopic (exact) mass is 318 g/mol. The molecule has 1 aliphatic heterocycles. The van der Waals surface area contributed by atoms with Crippen LogP contribution in [0.5, 0.6) is 0 Å². The molecule has 21 heavy (non-hydrogen) atoms. The van der Waals surface area contributed by atoms with Gasteiger partial charge in [0, 0.05) is 19.5 Å². The van der Waals surface area contributed by atoms with Crippen LogP contribution in [0, 0.1) is 11.3 Å². The minimum atomic E-state index is -2.96. The van der Waals surface area contributed by atoms with E-state index in [0.29, 0.717) is 38.4 Å². The molecule has 1 rings (SSSR count). The summed E-state index contributed by atoms with van der Waals surface area (Å²) in [5.41, 5.74) is 5.80. The number of carbonyl (C=O) groups is 1. The third-order valence-electron chi connectivity index (χ3n) is 4.35. The summed E-state index contributed by atoms with van der Waals surface area (Å²) in [6, 6.07) is 0. The van der Waals surface area contributed by atoms with Gasteiger partial charge in [-0.3, -0.25) is 4.79 Å². The maximum Gasteiger partial charge on any atom is 0.222 e. The molecule has 0 spiro atoms. The average Bonchev–Trinajstić information content (AvgIpc) is 2.53. The molecular weight excluding hydrogens is 288 g/mol. The Morgan fingerprint density at radius 1 is 1.19 bits per heavy atom. The van der Waals surface area contributed by atoms with Crippen LogP contribution in [-0.2, 0) is 14.6 Å². The largest absolute Gasteiger partial charge is 0.342 e. The topological polar surface area (TPSA) is 80.5 Å². The lowest BCUT2D eigenvalue weighted by molar-refractivity contribution is -0.131. The normalized spacial score (nSPS) is 20.9. The van der Waals surface area contributed by atoms with E-state index in [1.807, 2.05) is 0 Å². The Balaban J connectivity index is 2.52. The summed E-state index contributed by atoms with van der Waals surface area (Å²) in [5, 5.41) is 0. The van der Waals surface area contributed by atoms with Crippen molar-refractivity contribution in [3.05, 3.63) is 0 Å². The average molecular weight is 318 g/mol. The number of hydrogen-bond donors (Lipinski definition) is 1. The van der Waals surface area contributed by atoms with Gasteiger partial charge in [0.05, 0.1) is 11.5 Å². The molecule has 0 aromatic rings. The van der Waals surface area contributed by atoms with E-state index in [4.69, 9.17) is 5.73 Å². The summed E-state index contributed by atoms with van der Waals surface area (Å²) in [4.78, 5) is 14.0. The van der Waals surface area contributed by atoms with E-state index < -0.39 is 9.84 Å². The third-order valence-corrected chi connectivity index (χ3v) is 6.07. The molecule has 1 heterocycles. The standard InChI is InChI=1S/C15H30N2O3S/c1-15(2,3)13(7-8-16)5-6-14(18)17-9-4-11-21(19,20)12-10-17/h13H,4-12,16H2,1-3H3. The molecule has 6 heteroatoms. The molecule has 0 aromatic carbocycles. The fourth-order valence-corrected chi connectivity index (χ4v) is 4.13. The number of nitrogens with zero attached hydrogens (tertiary/aromatic N) is 1.